The molecule has 11 heteroatoms. The Balaban J connectivity index is 1.78. The zero-order valence-electron chi connectivity index (χ0n) is 24.0. The lowest BCUT2D eigenvalue weighted by molar-refractivity contribution is -0.143. The Labute approximate surface area is 262 Å². The fourth-order valence-electron chi connectivity index (χ4n) is 7.40. The molecule has 3 aromatic carbocycles. The van der Waals surface area contributed by atoms with Crippen molar-refractivity contribution >= 4 is 29.1 Å². The maximum absolute atomic E-state index is 14.0. The first-order valence-electron chi connectivity index (χ1n) is 14.5. The van der Waals surface area contributed by atoms with Gasteiger partial charge in [-0.3, -0.25) is 9.69 Å². The molecule has 1 N–H and O–H groups in total. The van der Waals surface area contributed by atoms with E-state index in [1.807, 2.05) is 37.3 Å². The molecule has 3 atom stereocenters. The van der Waals surface area contributed by atoms with E-state index in [-0.39, 0.29) is 47.9 Å². The molecule has 2 fully saturated rings. The topological polar surface area (TPSA) is 32.3 Å². The van der Waals surface area contributed by atoms with Crippen LogP contribution < -0.4 is 5.32 Å². The molecular formula is C33H32Cl2F6N2O. The van der Waals surface area contributed by atoms with Gasteiger partial charge >= 0.3 is 12.4 Å². The van der Waals surface area contributed by atoms with Gasteiger partial charge in [0.2, 0.25) is 5.91 Å². The summed E-state index contributed by atoms with van der Waals surface area (Å²) in [5.74, 6) is -0.211. The summed E-state index contributed by atoms with van der Waals surface area (Å²) in [6.45, 7) is 3.11. The number of hydrogen-bond donors (Lipinski definition) is 1. The highest BCUT2D eigenvalue weighted by Gasteiger charge is 2.58. The molecule has 5 rings (SSSR count). The zero-order valence-corrected chi connectivity index (χ0v) is 25.5. The van der Waals surface area contributed by atoms with Crippen LogP contribution in [-0.2, 0) is 29.0 Å². The first kappa shape index (κ1) is 32.6. The molecule has 3 unspecified atom stereocenters. The van der Waals surface area contributed by atoms with Crippen LogP contribution in [0.5, 0.6) is 0 Å². The van der Waals surface area contributed by atoms with Crippen LogP contribution in [0, 0.1) is 0 Å². The highest BCUT2D eigenvalue weighted by Crippen LogP contribution is 2.54. The van der Waals surface area contributed by atoms with E-state index < -0.39 is 34.4 Å². The standard InChI is InChI=1S/C33H32Cl2F6N2O/c1-2-43-13-11-23(22-6-4-3-5-7-22)19-31(43,18-21-14-25(32(36,37)38)16-26(15-21)33(39,40)41)30(12-10-29(44)42-20-30)24-8-9-27(34)28(35)17-24/h3-9,14-17,23H,2,10-13,18-20H2,1H3,(H,42,44). The maximum atomic E-state index is 14.0. The summed E-state index contributed by atoms with van der Waals surface area (Å²) in [6, 6.07) is 16.7. The van der Waals surface area contributed by atoms with Gasteiger partial charge in [-0.2, -0.15) is 26.3 Å². The lowest BCUT2D eigenvalue weighted by Gasteiger charge is -2.61. The molecule has 0 spiro atoms. The van der Waals surface area contributed by atoms with Gasteiger partial charge in [0.05, 0.1) is 21.2 Å². The van der Waals surface area contributed by atoms with Gasteiger partial charge in [-0.25, -0.2) is 0 Å². The number of carbonyl (C=O) groups excluding carboxylic acids is 1. The number of likely N-dealkylation sites (N-methyl/N-ethyl adjacent to an activating group) is 1. The third kappa shape index (κ3) is 6.20. The van der Waals surface area contributed by atoms with Crippen molar-refractivity contribution in [2.45, 2.75) is 68.3 Å². The van der Waals surface area contributed by atoms with Crippen molar-refractivity contribution < 1.29 is 31.1 Å². The Hall–Kier alpha value is -2.75. The van der Waals surface area contributed by atoms with Gasteiger partial charge in [0.1, 0.15) is 0 Å². The Morgan fingerprint density at radius 2 is 1.57 bits per heavy atom. The molecule has 3 nitrogen and oxygen atoms in total. The largest absolute Gasteiger partial charge is 0.416 e. The number of carbonyl (C=O) groups is 1. The second-order valence-electron chi connectivity index (χ2n) is 11.8. The van der Waals surface area contributed by atoms with E-state index in [1.54, 1.807) is 18.2 Å². The SMILES string of the molecule is CCN1CCC(c2ccccc2)CC1(Cc1cc(C(F)(F)F)cc(C(F)(F)F)c1)C1(c2ccc(Cl)c(Cl)c2)CCC(=O)NC1. The normalized spacial score (nSPS) is 25.1. The molecule has 0 saturated carbocycles. The van der Waals surface area contributed by atoms with E-state index in [0.29, 0.717) is 31.0 Å². The first-order valence-corrected chi connectivity index (χ1v) is 15.2. The van der Waals surface area contributed by atoms with Crippen molar-refractivity contribution in [3.8, 4) is 0 Å². The van der Waals surface area contributed by atoms with E-state index in [9.17, 15) is 31.1 Å². The number of piperidine rings is 2. The average molecular weight is 658 g/mol. The summed E-state index contributed by atoms with van der Waals surface area (Å²) in [7, 11) is 0. The average Bonchev–Trinajstić information content (AvgIpc) is 2.98. The van der Waals surface area contributed by atoms with Crippen LogP contribution in [0.25, 0.3) is 0 Å². The smallest absolute Gasteiger partial charge is 0.355 e. The highest BCUT2D eigenvalue weighted by atomic mass is 35.5. The van der Waals surface area contributed by atoms with E-state index in [0.717, 1.165) is 29.7 Å². The number of likely N-dealkylation sites (tertiary alicyclic amines) is 1. The maximum Gasteiger partial charge on any atom is 0.416 e. The number of rotatable bonds is 6. The molecule has 44 heavy (non-hydrogen) atoms. The molecule has 236 valence electrons. The second kappa shape index (κ2) is 12.2. The molecule has 0 aromatic heterocycles. The van der Waals surface area contributed by atoms with Crippen LogP contribution in [0.2, 0.25) is 10.0 Å². The van der Waals surface area contributed by atoms with Crippen LogP contribution in [0.1, 0.15) is 66.3 Å². The fourth-order valence-corrected chi connectivity index (χ4v) is 7.70. The summed E-state index contributed by atoms with van der Waals surface area (Å²) >= 11 is 12.8. The number of amides is 1. The van der Waals surface area contributed by atoms with Gasteiger partial charge in [-0.15, -0.1) is 0 Å². The number of benzene rings is 3. The Kier molecular flexibility index (Phi) is 9.06. The molecule has 1 amide bonds. The van der Waals surface area contributed by atoms with E-state index in [4.69, 9.17) is 23.2 Å². The minimum atomic E-state index is -4.98. The second-order valence-corrected chi connectivity index (χ2v) is 12.6. The monoisotopic (exact) mass is 656 g/mol. The van der Waals surface area contributed by atoms with Gasteiger partial charge in [0.15, 0.2) is 0 Å². The van der Waals surface area contributed by atoms with Crippen molar-refractivity contribution in [2.75, 3.05) is 19.6 Å². The van der Waals surface area contributed by atoms with Gasteiger partial charge in [0, 0.05) is 23.9 Å². The molecule has 2 aliphatic heterocycles. The van der Waals surface area contributed by atoms with Crippen LogP contribution in [-0.4, -0.2) is 36.0 Å². The zero-order chi connectivity index (χ0) is 31.9. The molecule has 0 radical (unpaired) electrons. The molecule has 0 bridgehead atoms. The molecular weight excluding hydrogens is 625 g/mol. The predicted molar refractivity (Wildman–Crippen MR) is 159 cm³/mol. The van der Waals surface area contributed by atoms with Gasteiger partial charge in [-0.05, 0) is 91.7 Å². The van der Waals surface area contributed by atoms with E-state index in [1.165, 1.54) is 0 Å². The fraction of sp³-hybridized carbons (Fsp3) is 0.424. The lowest BCUT2D eigenvalue weighted by atomic mass is 9.54. The Bertz CT molecular complexity index is 1470. The van der Waals surface area contributed by atoms with Crippen molar-refractivity contribution in [3.05, 3.63) is 105 Å². The molecule has 2 aliphatic rings. The van der Waals surface area contributed by atoms with Crippen molar-refractivity contribution in [1.29, 1.82) is 0 Å². The lowest BCUT2D eigenvalue weighted by Crippen LogP contribution is -2.70. The number of halogens is 8. The van der Waals surface area contributed by atoms with Crippen molar-refractivity contribution in [1.82, 2.24) is 10.2 Å². The minimum absolute atomic E-state index is 0.0378. The summed E-state index contributed by atoms with van der Waals surface area (Å²) < 4.78 is 84.0. The van der Waals surface area contributed by atoms with Crippen LogP contribution >= 0.6 is 23.2 Å². The quantitative estimate of drug-likeness (QED) is 0.269. The predicted octanol–water partition coefficient (Wildman–Crippen LogP) is 9.06. The van der Waals surface area contributed by atoms with Gasteiger partial charge < -0.3 is 5.32 Å². The molecule has 0 aliphatic carbocycles. The third-order valence-electron chi connectivity index (χ3n) is 9.46. The number of hydrogen-bond acceptors (Lipinski definition) is 2. The Morgan fingerprint density at radius 1 is 0.909 bits per heavy atom. The number of nitrogens with zero attached hydrogens (tertiary/aromatic N) is 1. The van der Waals surface area contributed by atoms with Crippen molar-refractivity contribution in [2.24, 2.45) is 0 Å². The number of alkyl halides is 6. The number of nitrogens with one attached hydrogen (secondary N) is 1. The van der Waals surface area contributed by atoms with E-state index in [2.05, 4.69) is 10.2 Å². The summed E-state index contributed by atoms with van der Waals surface area (Å²) in [4.78, 5) is 14.8. The van der Waals surface area contributed by atoms with Gasteiger partial charge in [0.25, 0.3) is 0 Å². The summed E-state index contributed by atoms with van der Waals surface area (Å²) in [5.41, 5.74) is -2.95. The highest BCUT2D eigenvalue weighted by molar-refractivity contribution is 6.42. The van der Waals surface area contributed by atoms with Crippen LogP contribution in [0.15, 0.2) is 66.7 Å². The van der Waals surface area contributed by atoms with Gasteiger partial charge in [-0.1, -0.05) is 66.5 Å². The summed E-state index contributed by atoms with van der Waals surface area (Å²) in [6.07, 6.45) is -8.45. The molecule has 2 saturated heterocycles. The molecule has 2 heterocycles. The summed E-state index contributed by atoms with van der Waals surface area (Å²) in [5, 5.41) is 3.56. The van der Waals surface area contributed by atoms with E-state index >= 15 is 0 Å². The molecule has 3 aromatic rings. The minimum Gasteiger partial charge on any atom is -0.355 e. The first-order chi connectivity index (χ1) is 20.7. The van der Waals surface area contributed by atoms with Crippen molar-refractivity contribution in [3.63, 3.8) is 0 Å². The Morgan fingerprint density at radius 3 is 2.11 bits per heavy atom. The van der Waals surface area contributed by atoms with Crippen LogP contribution in [0.4, 0.5) is 26.3 Å². The third-order valence-corrected chi connectivity index (χ3v) is 10.2. The van der Waals surface area contributed by atoms with Crippen LogP contribution in [0.3, 0.4) is 0 Å².